The molecule has 0 aliphatic heterocycles. The van der Waals surface area contributed by atoms with Crippen molar-refractivity contribution < 1.29 is 4.74 Å². The quantitative estimate of drug-likeness (QED) is 0.587. The summed E-state index contributed by atoms with van der Waals surface area (Å²) in [7, 11) is 1.88. The molecule has 0 amide bonds. The van der Waals surface area contributed by atoms with Gasteiger partial charge < -0.3 is 10.1 Å². The van der Waals surface area contributed by atoms with Gasteiger partial charge in [-0.3, -0.25) is 0 Å². The third-order valence-corrected chi connectivity index (χ3v) is 4.57. The van der Waals surface area contributed by atoms with E-state index in [9.17, 15) is 0 Å². The van der Waals surface area contributed by atoms with Gasteiger partial charge in [0.2, 0.25) is 0 Å². The van der Waals surface area contributed by atoms with E-state index in [1.807, 2.05) is 25.2 Å². The second-order valence-electron chi connectivity index (χ2n) is 4.08. The van der Waals surface area contributed by atoms with Crippen molar-refractivity contribution in [1.82, 2.24) is 5.32 Å². The summed E-state index contributed by atoms with van der Waals surface area (Å²) in [6.07, 6.45) is 0. The van der Waals surface area contributed by atoms with E-state index in [2.05, 4.69) is 37.2 Å². The van der Waals surface area contributed by atoms with Crippen LogP contribution < -0.4 is 10.1 Å². The molecule has 6 heteroatoms. The summed E-state index contributed by atoms with van der Waals surface area (Å²) < 4.78 is 7.62. The van der Waals surface area contributed by atoms with Crippen LogP contribution in [0.3, 0.4) is 0 Å². The maximum atomic E-state index is 6.17. The smallest absolute Gasteiger partial charge is 0.147 e. The van der Waals surface area contributed by atoms with Crippen molar-refractivity contribution in [3.05, 3.63) is 54.9 Å². The monoisotopic (exact) mass is 437 g/mol. The van der Waals surface area contributed by atoms with Crippen molar-refractivity contribution in [2.24, 2.45) is 0 Å². The highest BCUT2D eigenvalue weighted by Gasteiger charge is 2.11. The molecule has 20 heavy (non-hydrogen) atoms. The van der Waals surface area contributed by atoms with Crippen molar-refractivity contribution in [2.45, 2.75) is 6.54 Å². The highest BCUT2D eigenvalue weighted by molar-refractivity contribution is 9.10. The Kier molecular flexibility index (Phi) is 5.75. The van der Waals surface area contributed by atoms with Gasteiger partial charge in [0.05, 0.1) is 10.0 Å². The van der Waals surface area contributed by atoms with Crippen LogP contribution in [0.5, 0.6) is 11.5 Å². The molecule has 106 valence electrons. The van der Waals surface area contributed by atoms with E-state index in [1.165, 1.54) is 0 Å². The summed E-state index contributed by atoms with van der Waals surface area (Å²) in [5, 5.41) is 4.16. The van der Waals surface area contributed by atoms with Gasteiger partial charge in [-0.2, -0.15) is 0 Å². The van der Waals surface area contributed by atoms with E-state index < -0.39 is 0 Å². The maximum Gasteiger partial charge on any atom is 0.147 e. The number of hydrogen-bond donors (Lipinski definition) is 1. The zero-order chi connectivity index (χ0) is 14.7. The third kappa shape index (κ3) is 3.89. The van der Waals surface area contributed by atoms with Crippen molar-refractivity contribution in [3.8, 4) is 11.5 Å². The molecule has 2 rings (SSSR count). The first-order valence-electron chi connectivity index (χ1n) is 5.76. The van der Waals surface area contributed by atoms with Gasteiger partial charge in [0.15, 0.2) is 0 Å². The first-order chi connectivity index (χ1) is 9.51. The fourth-order valence-electron chi connectivity index (χ4n) is 1.68. The summed E-state index contributed by atoms with van der Waals surface area (Å²) in [4.78, 5) is 0. The predicted molar refractivity (Wildman–Crippen MR) is 91.1 cm³/mol. The van der Waals surface area contributed by atoms with E-state index in [0.717, 1.165) is 20.3 Å². The summed E-state index contributed by atoms with van der Waals surface area (Å²) in [5.74, 6) is 1.27. The van der Waals surface area contributed by atoms with Crippen LogP contribution in [0, 0.1) is 0 Å². The maximum absolute atomic E-state index is 6.17. The third-order valence-electron chi connectivity index (χ3n) is 2.58. The Hall–Kier alpha value is -0.260. The van der Waals surface area contributed by atoms with Crippen LogP contribution in [0.25, 0.3) is 0 Å². The number of benzene rings is 2. The topological polar surface area (TPSA) is 21.3 Å². The largest absolute Gasteiger partial charge is 0.455 e. The Morgan fingerprint density at radius 2 is 1.80 bits per heavy atom. The average molecular weight is 440 g/mol. The number of hydrogen-bond acceptors (Lipinski definition) is 2. The lowest BCUT2D eigenvalue weighted by Gasteiger charge is -2.13. The number of ether oxygens (including phenoxy) is 1. The molecule has 0 radical (unpaired) electrons. The molecule has 2 aromatic carbocycles. The zero-order valence-electron chi connectivity index (χ0n) is 10.5. The summed E-state index contributed by atoms with van der Waals surface area (Å²) >= 11 is 19.0. The first-order valence-corrected chi connectivity index (χ1v) is 8.11. The molecule has 2 aromatic rings. The van der Waals surface area contributed by atoms with Crippen LogP contribution in [0.4, 0.5) is 0 Å². The second-order valence-corrected chi connectivity index (χ2v) is 6.67. The van der Waals surface area contributed by atoms with Crippen LogP contribution in [-0.2, 0) is 6.54 Å². The van der Waals surface area contributed by atoms with Gasteiger partial charge in [-0.1, -0.05) is 39.1 Å². The van der Waals surface area contributed by atoms with E-state index >= 15 is 0 Å². The van der Waals surface area contributed by atoms with Crippen LogP contribution in [-0.4, -0.2) is 7.05 Å². The lowest BCUT2D eigenvalue weighted by Crippen LogP contribution is -2.06. The molecule has 0 unspecified atom stereocenters. The minimum absolute atomic E-state index is 0.500. The Morgan fingerprint density at radius 1 is 1.05 bits per heavy atom. The average Bonchev–Trinajstić information content (AvgIpc) is 2.39. The van der Waals surface area contributed by atoms with Crippen LogP contribution in [0.15, 0.2) is 39.3 Å². The van der Waals surface area contributed by atoms with Gasteiger partial charge in [-0.15, -0.1) is 0 Å². The van der Waals surface area contributed by atoms with E-state index in [0.29, 0.717) is 22.3 Å². The van der Waals surface area contributed by atoms with E-state index in [4.69, 9.17) is 27.9 Å². The molecule has 0 atom stereocenters. The van der Waals surface area contributed by atoms with Gasteiger partial charge in [-0.25, -0.2) is 0 Å². The van der Waals surface area contributed by atoms with Crippen molar-refractivity contribution >= 4 is 55.1 Å². The molecule has 0 heterocycles. The highest BCUT2D eigenvalue weighted by Crippen LogP contribution is 2.37. The van der Waals surface area contributed by atoms with E-state index in [1.54, 1.807) is 12.1 Å². The van der Waals surface area contributed by atoms with E-state index in [-0.39, 0.29) is 0 Å². The summed E-state index contributed by atoms with van der Waals surface area (Å²) in [6.45, 7) is 0.691. The van der Waals surface area contributed by atoms with Crippen LogP contribution in [0.2, 0.25) is 10.0 Å². The zero-order valence-corrected chi connectivity index (χ0v) is 15.2. The van der Waals surface area contributed by atoms with Crippen molar-refractivity contribution in [2.75, 3.05) is 7.05 Å². The SMILES string of the molecule is CNCc1cc(Br)ccc1Oc1cc(Cl)c(Br)cc1Cl. The van der Waals surface area contributed by atoms with Crippen molar-refractivity contribution in [1.29, 1.82) is 0 Å². The molecule has 0 aliphatic rings. The summed E-state index contributed by atoms with van der Waals surface area (Å²) in [5.41, 5.74) is 1.02. The standard InChI is InChI=1S/C14H11Br2Cl2NO/c1-19-7-8-4-9(15)2-3-13(8)20-14-6-11(17)10(16)5-12(14)18/h2-6,19H,7H2,1H3. The van der Waals surface area contributed by atoms with Gasteiger partial charge in [0.25, 0.3) is 0 Å². The first kappa shape index (κ1) is 16.1. The lowest BCUT2D eigenvalue weighted by molar-refractivity contribution is 0.474. The molecule has 0 saturated heterocycles. The Labute approximate surface area is 144 Å². The fourth-order valence-corrected chi connectivity index (χ4v) is 2.92. The molecule has 0 bridgehead atoms. The van der Waals surface area contributed by atoms with Crippen LogP contribution in [0.1, 0.15) is 5.56 Å². The molecule has 0 saturated carbocycles. The van der Waals surface area contributed by atoms with Crippen LogP contribution >= 0.6 is 55.1 Å². The molecule has 0 aliphatic carbocycles. The lowest BCUT2D eigenvalue weighted by atomic mass is 10.2. The van der Waals surface area contributed by atoms with Gasteiger partial charge in [0, 0.05) is 27.1 Å². The molecule has 0 aromatic heterocycles. The Morgan fingerprint density at radius 3 is 2.50 bits per heavy atom. The Balaban J connectivity index is 2.37. The van der Waals surface area contributed by atoms with Gasteiger partial charge in [0.1, 0.15) is 11.5 Å². The van der Waals surface area contributed by atoms with Crippen molar-refractivity contribution in [3.63, 3.8) is 0 Å². The predicted octanol–water partition coefficient (Wildman–Crippen LogP) is 6.03. The molecule has 0 spiro atoms. The normalized spacial score (nSPS) is 10.7. The van der Waals surface area contributed by atoms with Gasteiger partial charge >= 0.3 is 0 Å². The number of nitrogens with one attached hydrogen (secondary N) is 1. The second kappa shape index (κ2) is 7.14. The molecule has 0 fully saturated rings. The van der Waals surface area contributed by atoms with Gasteiger partial charge in [-0.05, 0) is 47.2 Å². The fraction of sp³-hybridized carbons (Fsp3) is 0.143. The molecular formula is C14H11Br2Cl2NO. The molecular weight excluding hydrogens is 429 g/mol. The minimum Gasteiger partial charge on any atom is -0.455 e. The number of halogens is 4. The molecule has 2 nitrogen and oxygen atoms in total. The number of rotatable bonds is 4. The minimum atomic E-state index is 0.500. The summed E-state index contributed by atoms with van der Waals surface area (Å²) in [6, 6.07) is 9.22. The Bertz CT molecular complexity index is 635. The molecule has 1 N–H and O–H groups in total. The highest BCUT2D eigenvalue weighted by atomic mass is 79.9.